The van der Waals surface area contributed by atoms with Crippen LogP contribution in [0.5, 0.6) is 0 Å². The molecule has 0 aliphatic heterocycles. The topological polar surface area (TPSA) is 54.7 Å². The number of nitrogens with two attached hydrogens (primary N) is 1. The Morgan fingerprint density at radius 1 is 1.42 bits per heavy atom. The fraction of sp³-hybridized carbons (Fsp3) is 0.667. The van der Waals surface area contributed by atoms with Crippen LogP contribution in [-0.2, 0) is 5.41 Å². The maximum absolute atomic E-state index is 5.64. The smallest absolute Gasteiger partial charge is 0.113 e. The maximum Gasteiger partial charge on any atom is 0.113 e. The summed E-state index contributed by atoms with van der Waals surface area (Å²) in [5.41, 5.74) is 7.79. The van der Waals surface area contributed by atoms with E-state index < -0.39 is 0 Å². The van der Waals surface area contributed by atoms with Crippen LogP contribution in [0.2, 0.25) is 0 Å². The fourth-order valence-electron chi connectivity index (χ4n) is 0.965. The highest BCUT2D eigenvalue weighted by Crippen LogP contribution is 2.19. The number of hydrogen-bond acceptors (Lipinski definition) is 2. The minimum absolute atomic E-state index is 0.0426. The lowest BCUT2D eigenvalue weighted by Gasteiger charge is -2.18. The van der Waals surface area contributed by atoms with Crippen molar-refractivity contribution in [3.63, 3.8) is 0 Å². The summed E-state index contributed by atoms with van der Waals surface area (Å²) in [6, 6.07) is 0. The zero-order valence-electron chi connectivity index (χ0n) is 8.23. The minimum Gasteiger partial charge on any atom is -0.345 e. The second kappa shape index (κ2) is 2.90. The molecule has 0 fully saturated rings. The van der Waals surface area contributed by atoms with E-state index in [4.69, 9.17) is 5.73 Å². The molecule has 1 aromatic heterocycles. The zero-order chi connectivity index (χ0) is 9.35. The van der Waals surface area contributed by atoms with Gasteiger partial charge < -0.3 is 10.7 Å². The molecule has 0 spiro atoms. The van der Waals surface area contributed by atoms with Gasteiger partial charge >= 0.3 is 0 Å². The van der Waals surface area contributed by atoms with Crippen LogP contribution in [0.1, 0.15) is 31.1 Å². The largest absolute Gasteiger partial charge is 0.345 e. The van der Waals surface area contributed by atoms with Crippen molar-refractivity contribution in [2.75, 3.05) is 6.54 Å². The summed E-state index contributed by atoms with van der Waals surface area (Å²) in [5.74, 6) is 0.986. The van der Waals surface area contributed by atoms with Gasteiger partial charge in [0.05, 0.1) is 5.69 Å². The number of aromatic nitrogens is 2. The molecule has 0 atom stereocenters. The summed E-state index contributed by atoms with van der Waals surface area (Å²) in [6.07, 6.45) is 0. The average molecular weight is 167 g/mol. The summed E-state index contributed by atoms with van der Waals surface area (Å²) in [4.78, 5) is 7.66. The van der Waals surface area contributed by atoms with Crippen LogP contribution in [-0.4, -0.2) is 16.5 Å². The number of aryl methyl sites for hydroxylation is 2. The van der Waals surface area contributed by atoms with Gasteiger partial charge in [-0.05, 0) is 13.8 Å². The van der Waals surface area contributed by atoms with Crippen LogP contribution in [0.15, 0.2) is 0 Å². The summed E-state index contributed by atoms with van der Waals surface area (Å²) in [5, 5.41) is 0. The van der Waals surface area contributed by atoms with Crippen LogP contribution >= 0.6 is 0 Å². The van der Waals surface area contributed by atoms with Gasteiger partial charge in [-0.3, -0.25) is 0 Å². The van der Waals surface area contributed by atoms with E-state index in [-0.39, 0.29) is 5.41 Å². The Hall–Kier alpha value is -0.830. The predicted octanol–water partition coefficient (Wildman–Crippen LogP) is 1.26. The molecule has 0 radical (unpaired) electrons. The first kappa shape index (κ1) is 9.26. The van der Waals surface area contributed by atoms with Crippen LogP contribution < -0.4 is 5.73 Å². The van der Waals surface area contributed by atoms with Gasteiger partial charge in [0, 0.05) is 17.7 Å². The average Bonchev–Trinajstić information content (AvgIpc) is 2.33. The number of hydrogen-bond donors (Lipinski definition) is 2. The molecular formula is C9H17N3. The van der Waals surface area contributed by atoms with E-state index in [1.807, 2.05) is 13.8 Å². The summed E-state index contributed by atoms with van der Waals surface area (Å²) < 4.78 is 0. The van der Waals surface area contributed by atoms with Gasteiger partial charge in [0.2, 0.25) is 0 Å². The number of imidazole rings is 1. The molecular weight excluding hydrogens is 150 g/mol. The molecule has 0 aliphatic carbocycles. The molecule has 1 heterocycles. The Bertz CT molecular complexity index is 254. The predicted molar refractivity (Wildman–Crippen MR) is 50.1 cm³/mol. The first-order valence-corrected chi connectivity index (χ1v) is 4.21. The Morgan fingerprint density at radius 2 is 2.00 bits per heavy atom. The van der Waals surface area contributed by atoms with Crippen molar-refractivity contribution in [1.82, 2.24) is 9.97 Å². The molecule has 68 valence electrons. The quantitative estimate of drug-likeness (QED) is 0.696. The van der Waals surface area contributed by atoms with Gasteiger partial charge in [-0.1, -0.05) is 13.8 Å². The van der Waals surface area contributed by atoms with Gasteiger partial charge in [-0.25, -0.2) is 4.98 Å². The molecule has 0 aliphatic rings. The maximum atomic E-state index is 5.64. The number of aromatic amines is 1. The van der Waals surface area contributed by atoms with Crippen LogP contribution in [0, 0.1) is 13.8 Å². The molecule has 0 aromatic carbocycles. The SMILES string of the molecule is Cc1nc(C(C)(C)CN)[nH]c1C. The molecule has 0 amide bonds. The molecule has 0 saturated heterocycles. The van der Waals surface area contributed by atoms with Gasteiger partial charge in [-0.15, -0.1) is 0 Å². The molecule has 0 bridgehead atoms. The molecule has 3 heteroatoms. The summed E-state index contributed by atoms with van der Waals surface area (Å²) in [6.45, 7) is 8.81. The van der Waals surface area contributed by atoms with Crippen molar-refractivity contribution in [3.05, 3.63) is 17.2 Å². The molecule has 12 heavy (non-hydrogen) atoms. The van der Waals surface area contributed by atoms with Crippen molar-refractivity contribution >= 4 is 0 Å². The van der Waals surface area contributed by atoms with Crippen LogP contribution in [0.4, 0.5) is 0 Å². The molecule has 0 saturated carbocycles. The number of nitrogens with zero attached hydrogens (tertiary/aromatic N) is 1. The standard InChI is InChI=1S/C9H17N3/c1-6-7(2)12-8(11-6)9(3,4)5-10/h5,10H2,1-4H3,(H,11,12). The fourth-order valence-corrected chi connectivity index (χ4v) is 0.965. The highest BCUT2D eigenvalue weighted by Gasteiger charge is 2.22. The monoisotopic (exact) mass is 167 g/mol. The van der Waals surface area contributed by atoms with Crippen molar-refractivity contribution in [2.45, 2.75) is 33.1 Å². The summed E-state index contributed by atoms with van der Waals surface area (Å²) in [7, 11) is 0. The molecule has 3 N–H and O–H groups in total. The van der Waals surface area contributed by atoms with Crippen molar-refractivity contribution in [3.8, 4) is 0 Å². The van der Waals surface area contributed by atoms with Crippen LogP contribution in [0.25, 0.3) is 0 Å². The van der Waals surface area contributed by atoms with Crippen molar-refractivity contribution in [1.29, 1.82) is 0 Å². The van der Waals surface area contributed by atoms with Crippen molar-refractivity contribution in [2.24, 2.45) is 5.73 Å². The highest BCUT2D eigenvalue weighted by molar-refractivity contribution is 5.16. The molecule has 3 nitrogen and oxygen atoms in total. The highest BCUT2D eigenvalue weighted by atomic mass is 15.0. The Kier molecular flexibility index (Phi) is 2.24. The van der Waals surface area contributed by atoms with Gasteiger partial charge in [0.1, 0.15) is 5.82 Å². The van der Waals surface area contributed by atoms with Gasteiger partial charge in [0.15, 0.2) is 0 Å². The molecule has 1 aromatic rings. The van der Waals surface area contributed by atoms with E-state index in [1.165, 1.54) is 0 Å². The van der Waals surface area contributed by atoms with E-state index in [2.05, 4.69) is 23.8 Å². The molecule has 1 rings (SSSR count). The molecule has 0 unspecified atom stereocenters. The van der Waals surface area contributed by atoms with E-state index in [1.54, 1.807) is 0 Å². The lowest BCUT2D eigenvalue weighted by atomic mass is 9.93. The first-order valence-electron chi connectivity index (χ1n) is 4.21. The van der Waals surface area contributed by atoms with E-state index >= 15 is 0 Å². The first-order chi connectivity index (χ1) is 5.47. The third-order valence-corrected chi connectivity index (χ3v) is 2.28. The third kappa shape index (κ3) is 1.50. The normalized spacial score (nSPS) is 12.1. The number of nitrogens with one attached hydrogen (secondary N) is 1. The zero-order valence-corrected chi connectivity index (χ0v) is 8.23. The van der Waals surface area contributed by atoms with E-state index in [9.17, 15) is 0 Å². The Balaban J connectivity index is 3.04. The third-order valence-electron chi connectivity index (χ3n) is 2.28. The number of H-pyrrole nitrogens is 1. The second-order valence-corrected chi connectivity index (χ2v) is 3.88. The van der Waals surface area contributed by atoms with E-state index in [0.717, 1.165) is 17.2 Å². The van der Waals surface area contributed by atoms with Gasteiger partial charge in [-0.2, -0.15) is 0 Å². The Labute approximate surface area is 73.4 Å². The van der Waals surface area contributed by atoms with Crippen LogP contribution in [0.3, 0.4) is 0 Å². The Morgan fingerprint density at radius 3 is 2.33 bits per heavy atom. The minimum atomic E-state index is -0.0426. The summed E-state index contributed by atoms with van der Waals surface area (Å²) >= 11 is 0. The second-order valence-electron chi connectivity index (χ2n) is 3.88. The lowest BCUT2D eigenvalue weighted by molar-refractivity contribution is 0.507. The number of rotatable bonds is 2. The van der Waals surface area contributed by atoms with Crippen molar-refractivity contribution < 1.29 is 0 Å². The lowest BCUT2D eigenvalue weighted by Crippen LogP contribution is -2.29. The van der Waals surface area contributed by atoms with Gasteiger partial charge in [0.25, 0.3) is 0 Å². The van der Waals surface area contributed by atoms with E-state index in [0.29, 0.717) is 6.54 Å².